The van der Waals surface area contributed by atoms with Crippen molar-refractivity contribution in [2.75, 3.05) is 7.11 Å². The molecule has 0 unspecified atom stereocenters. The minimum Gasteiger partial charge on any atom is -0.380 e. The second-order valence-corrected chi connectivity index (χ2v) is 8.88. The Morgan fingerprint density at radius 1 is 0.839 bits per heavy atom. The molecule has 1 heteroatoms. The molecule has 0 bridgehead atoms. The minimum absolute atomic E-state index is 0.639. The smallest absolute Gasteiger partial charge is 0.0713 e. The van der Waals surface area contributed by atoms with Gasteiger partial charge in [-0.2, -0.15) is 0 Å². The molecule has 31 heavy (non-hydrogen) atoms. The van der Waals surface area contributed by atoms with Crippen molar-refractivity contribution in [3.05, 3.63) is 96.6 Å². The maximum Gasteiger partial charge on any atom is 0.0713 e. The van der Waals surface area contributed by atoms with E-state index in [1.54, 1.807) is 7.11 Å². The third kappa shape index (κ3) is 5.35. The van der Waals surface area contributed by atoms with E-state index in [-0.39, 0.29) is 0 Å². The van der Waals surface area contributed by atoms with Gasteiger partial charge in [-0.15, -0.1) is 6.58 Å². The van der Waals surface area contributed by atoms with Gasteiger partial charge in [-0.25, -0.2) is 0 Å². The molecule has 3 aromatic rings. The first-order valence-corrected chi connectivity index (χ1v) is 11.7. The fourth-order valence-electron chi connectivity index (χ4n) is 5.06. The number of rotatable bonds is 8. The van der Waals surface area contributed by atoms with Crippen molar-refractivity contribution in [2.45, 2.75) is 51.0 Å². The molecule has 0 N–H and O–H groups in total. The van der Waals surface area contributed by atoms with Crippen LogP contribution in [0.2, 0.25) is 0 Å². The van der Waals surface area contributed by atoms with Crippen LogP contribution >= 0.6 is 0 Å². The maximum atomic E-state index is 5.43. The molecule has 4 rings (SSSR count). The fraction of sp³-hybridized carbons (Fsp3) is 0.333. The molecule has 0 saturated heterocycles. The molecule has 0 radical (unpaired) electrons. The van der Waals surface area contributed by atoms with E-state index in [0.717, 1.165) is 12.3 Å². The van der Waals surface area contributed by atoms with E-state index < -0.39 is 0 Å². The number of methoxy groups -OCH3 is 1. The van der Waals surface area contributed by atoms with Crippen molar-refractivity contribution >= 4 is 0 Å². The van der Waals surface area contributed by atoms with Crippen LogP contribution in [-0.2, 0) is 11.3 Å². The lowest BCUT2D eigenvalue weighted by atomic mass is 9.75. The van der Waals surface area contributed by atoms with Gasteiger partial charge in [0.15, 0.2) is 0 Å². The van der Waals surface area contributed by atoms with E-state index in [9.17, 15) is 0 Å². The van der Waals surface area contributed by atoms with E-state index >= 15 is 0 Å². The first-order chi connectivity index (χ1) is 15.3. The Kier molecular flexibility index (Phi) is 7.38. The average Bonchev–Trinajstić information content (AvgIpc) is 2.84. The zero-order valence-corrected chi connectivity index (χ0v) is 18.7. The van der Waals surface area contributed by atoms with Gasteiger partial charge in [-0.05, 0) is 83.7 Å². The van der Waals surface area contributed by atoms with Crippen molar-refractivity contribution in [1.82, 2.24) is 0 Å². The topological polar surface area (TPSA) is 9.23 Å². The van der Waals surface area contributed by atoms with Crippen LogP contribution in [0.15, 0.2) is 85.5 Å². The summed E-state index contributed by atoms with van der Waals surface area (Å²) in [5.74, 6) is 1.51. The van der Waals surface area contributed by atoms with Crippen LogP contribution in [0.25, 0.3) is 22.3 Å². The molecule has 0 aromatic heterocycles. The van der Waals surface area contributed by atoms with Crippen LogP contribution in [0.3, 0.4) is 0 Å². The Balaban J connectivity index is 1.59. The predicted octanol–water partition coefficient (Wildman–Crippen LogP) is 8.41. The third-order valence-electron chi connectivity index (χ3n) is 6.80. The zero-order chi connectivity index (χ0) is 21.5. The summed E-state index contributed by atoms with van der Waals surface area (Å²) in [7, 11) is 1.78. The summed E-state index contributed by atoms with van der Waals surface area (Å²) in [5.41, 5.74) is 8.01. The Labute approximate surface area is 187 Å². The van der Waals surface area contributed by atoms with E-state index in [2.05, 4.69) is 85.5 Å². The van der Waals surface area contributed by atoms with E-state index in [4.69, 9.17) is 4.74 Å². The normalized spacial score (nSPS) is 18.6. The first kappa shape index (κ1) is 21.6. The molecule has 0 amide bonds. The highest BCUT2D eigenvalue weighted by molar-refractivity contribution is 5.73. The van der Waals surface area contributed by atoms with Crippen LogP contribution in [0.5, 0.6) is 0 Å². The largest absolute Gasteiger partial charge is 0.380 e. The number of hydrogen-bond acceptors (Lipinski definition) is 1. The zero-order valence-electron chi connectivity index (χ0n) is 18.7. The van der Waals surface area contributed by atoms with E-state index in [0.29, 0.717) is 12.5 Å². The molecular weight excluding hydrogens is 376 g/mol. The SMILES string of the molecule is C=CCCC1CCC(c2cc(COC)ccc2-c2ccc(-c3ccccc3)cc2)CC1. The summed E-state index contributed by atoms with van der Waals surface area (Å²) < 4.78 is 5.43. The number of hydrogen-bond donors (Lipinski definition) is 0. The van der Waals surface area contributed by atoms with Gasteiger partial charge >= 0.3 is 0 Å². The number of allylic oxidation sites excluding steroid dienone is 1. The summed E-state index contributed by atoms with van der Waals surface area (Å²) in [6, 6.07) is 26.6. The van der Waals surface area contributed by atoms with Crippen molar-refractivity contribution in [1.29, 1.82) is 0 Å². The lowest BCUT2D eigenvalue weighted by molar-refractivity contribution is 0.184. The lowest BCUT2D eigenvalue weighted by Crippen LogP contribution is -2.14. The molecular formula is C30H34O. The highest BCUT2D eigenvalue weighted by atomic mass is 16.5. The summed E-state index contributed by atoms with van der Waals surface area (Å²) in [6.45, 7) is 4.57. The molecule has 0 aliphatic heterocycles. The predicted molar refractivity (Wildman–Crippen MR) is 132 cm³/mol. The molecule has 0 atom stereocenters. The fourth-order valence-corrected chi connectivity index (χ4v) is 5.06. The van der Waals surface area contributed by atoms with Crippen LogP contribution in [-0.4, -0.2) is 7.11 Å². The van der Waals surface area contributed by atoms with Crippen LogP contribution in [0.1, 0.15) is 55.6 Å². The summed E-state index contributed by atoms with van der Waals surface area (Å²) in [5, 5.41) is 0. The Morgan fingerprint density at radius 3 is 2.19 bits per heavy atom. The Hall–Kier alpha value is -2.64. The van der Waals surface area contributed by atoms with Gasteiger partial charge in [0.1, 0.15) is 0 Å². The lowest BCUT2D eigenvalue weighted by Gasteiger charge is -2.30. The maximum absolute atomic E-state index is 5.43. The van der Waals surface area contributed by atoms with Crippen molar-refractivity contribution in [2.24, 2.45) is 5.92 Å². The van der Waals surface area contributed by atoms with Gasteiger partial charge in [0.25, 0.3) is 0 Å². The third-order valence-corrected chi connectivity index (χ3v) is 6.80. The first-order valence-electron chi connectivity index (χ1n) is 11.7. The van der Waals surface area contributed by atoms with Crippen molar-refractivity contribution in [3.8, 4) is 22.3 Å². The van der Waals surface area contributed by atoms with Gasteiger partial charge in [-0.3, -0.25) is 0 Å². The van der Waals surface area contributed by atoms with E-state index in [1.165, 1.54) is 65.5 Å². The monoisotopic (exact) mass is 410 g/mol. The van der Waals surface area contributed by atoms with E-state index in [1.807, 2.05) is 0 Å². The summed E-state index contributed by atoms with van der Waals surface area (Å²) in [6.07, 6.45) is 9.75. The second-order valence-electron chi connectivity index (χ2n) is 8.88. The van der Waals surface area contributed by atoms with Gasteiger partial charge in [0, 0.05) is 7.11 Å². The molecule has 1 saturated carbocycles. The highest BCUT2D eigenvalue weighted by Gasteiger charge is 2.24. The quantitative estimate of drug-likeness (QED) is 0.339. The minimum atomic E-state index is 0.639. The van der Waals surface area contributed by atoms with Crippen LogP contribution in [0.4, 0.5) is 0 Å². The Bertz CT molecular complexity index is 963. The van der Waals surface area contributed by atoms with Crippen LogP contribution in [0, 0.1) is 5.92 Å². The van der Waals surface area contributed by atoms with Crippen LogP contribution < -0.4 is 0 Å². The number of benzene rings is 3. The molecule has 0 spiro atoms. The van der Waals surface area contributed by atoms with Crippen molar-refractivity contribution < 1.29 is 4.74 Å². The van der Waals surface area contributed by atoms with Gasteiger partial charge in [0.05, 0.1) is 6.61 Å². The molecule has 3 aromatic carbocycles. The Morgan fingerprint density at radius 2 is 1.52 bits per heavy atom. The molecule has 1 fully saturated rings. The summed E-state index contributed by atoms with van der Waals surface area (Å²) >= 11 is 0. The van der Waals surface area contributed by atoms with Crippen molar-refractivity contribution in [3.63, 3.8) is 0 Å². The highest BCUT2D eigenvalue weighted by Crippen LogP contribution is 2.42. The molecule has 0 heterocycles. The second kappa shape index (κ2) is 10.6. The summed E-state index contributed by atoms with van der Waals surface area (Å²) in [4.78, 5) is 0. The number of ether oxygens (including phenoxy) is 1. The van der Waals surface area contributed by atoms with Gasteiger partial charge in [0.2, 0.25) is 0 Å². The average molecular weight is 411 g/mol. The molecule has 160 valence electrons. The standard InChI is InChI=1S/C30H34O/c1-3-4-8-23-11-14-28(15-12-23)30-21-24(22-31-2)13-20-29(30)27-18-16-26(17-19-27)25-9-6-5-7-10-25/h3,5-7,9-10,13,16-21,23,28H,1,4,8,11-12,14-15,22H2,2H3. The molecule has 1 aliphatic carbocycles. The molecule has 1 aliphatic rings. The van der Waals surface area contributed by atoms with Gasteiger partial charge in [-0.1, -0.05) is 78.9 Å². The molecule has 1 nitrogen and oxygen atoms in total. The van der Waals surface area contributed by atoms with Gasteiger partial charge < -0.3 is 4.74 Å².